The van der Waals surface area contributed by atoms with E-state index in [4.69, 9.17) is 0 Å². The predicted octanol–water partition coefficient (Wildman–Crippen LogP) is 2.51. The van der Waals surface area contributed by atoms with Crippen molar-refractivity contribution in [2.75, 3.05) is 7.05 Å². The fourth-order valence-corrected chi connectivity index (χ4v) is 2.01. The lowest BCUT2D eigenvalue weighted by Crippen LogP contribution is -2.26. The van der Waals surface area contributed by atoms with Crippen molar-refractivity contribution in [1.29, 1.82) is 0 Å². The Morgan fingerprint density at radius 3 is 2.67 bits per heavy atom. The molecule has 2 rings (SSSR count). The lowest BCUT2D eigenvalue weighted by atomic mass is 10.2. The van der Waals surface area contributed by atoms with Gasteiger partial charge in [-0.1, -0.05) is 0 Å². The summed E-state index contributed by atoms with van der Waals surface area (Å²) in [5.74, 6) is -0.0632. The van der Waals surface area contributed by atoms with Crippen LogP contribution >= 0.6 is 15.9 Å². The smallest absolute Gasteiger partial charge is 0.256 e. The molecule has 0 aromatic carbocycles. The molecule has 0 aliphatic carbocycles. The number of amides is 1. The highest BCUT2D eigenvalue weighted by Crippen LogP contribution is 2.15. The van der Waals surface area contributed by atoms with E-state index in [0.29, 0.717) is 16.7 Å². The Bertz CT molecular complexity index is 545. The summed E-state index contributed by atoms with van der Waals surface area (Å²) in [5.41, 5.74) is 1.61. The molecule has 2 aromatic heterocycles. The third-order valence-electron chi connectivity index (χ3n) is 2.51. The SMILES string of the molecule is CN(Cc1ccncc1)C(=O)c1cccnc1Br. The predicted molar refractivity (Wildman–Crippen MR) is 72.0 cm³/mol. The fourth-order valence-electron chi connectivity index (χ4n) is 1.59. The summed E-state index contributed by atoms with van der Waals surface area (Å²) in [6.07, 6.45) is 5.07. The normalized spacial score (nSPS) is 10.1. The van der Waals surface area contributed by atoms with Gasteiger partial charge in [0.2, 0.25) is 0 Å². The van der Waals surface area contributed by atoms with Crippen LogP contribution in [0.4, 0.5) is 0 Å². The molecule has 0 aliphatic heterocycles. The van der Waals surface area contributed by atoms with Crippen LogP contribution in [0.3, 0.4) is 0 Å². The van der Waals surface area contributed by atoms with Crippen molar-refractivity contribution < 1.29 is 4.79 Å². The molecule has 0 saturated heterocycles. The van der Waals surface area contributed by atoms with E-state index in [0.717, 1.165) is 5.56 Å². The van der Waals surface area contributed by atoms with Gasteiger partial charge >= 0.3 is 0 Å². The number of rotatable bonds is 3. The van der Waals surface area contributed by atoms with Crippen LogP contribution in [0.1, 0.15) is 15.9 Å². The molecule has 0 fully saturated rings. The topological polar surface area (TPSA) is 46.1 Å². The minimum atomic E-state index is -0.0632. The van der Waals surface area contributed by atoms with Crippen molar-refractivity contribution >= 4 is 21.8 Å². The summed E-state index contributed by atoms with van der Waals surface area (Å²) in [6, 6.07) is 7.28. The highest BCUT2D eigenvalue weighted by molar-refractivity contribution is 9.10. The second-order valence-electron chi connectivity index (χ2n) is 3.86. The molecule has 2 heterocycles. The Morgan fingerprint density at radius 1 is 1.28 bits per heavy atom. The Kier molecular flexibility index (Phi) is 4.04. The summed E-state index contributed by atoms with van der Waals surface area (Å²) in [5, 5.41) is 0. The quantitative estimate of drug-likeness (QED) is 0.819. The molecule has 5 heteroatoms. The number of hydrogen-bond acceptors (Lipinski definition) is 3. The zero-order valence-electron chi connectivity index (χ0n) is 9.88. The molecule has 2 aromatic rings. The minimum absolute atomic E-state index is 0.0632. The van der Waals surface area contributed by atoms with Crippen molar-refractivity contribution in [2.45, 2.75) is 6.54 Å². The van der Waals surface area contributed by atoms with Gasteiger partial charge in [-0.05, 0) is 45.8 Å². The van der Waals surface area contributed by atoms with Gasteiger partial charge in [0.25, 0.3) is 5.91 Å². The molecule has 18 heavy (non-hydrogen) atoms. The Morgan fingerprint density at radius 2 is 2.00 bits per heavy atom. The largest absolute Gasteiger partial charge is 0.337 e. The van der Waals surface area contributed by atoms with Gasteiger partial charge in [0.15, 0.2) is 0 Å². The van der Waals surface area contributed by atoms with Gasteiger partial charge in [0.1, 0.15) is 4.60 Å². The summed E-state index contributed by atoms with van der Waals surface area (Å²) >= 11 is 3.28. The third kappa shape index (κ3) is 2.92. The van der Waals surface area contributed by atoms with Gasteiger partial charge in [0.05, 0.1) is 5.56 Å². The third-order valence-corrected chi connectivity index (χ3v) is 3.14. The molecule has 0 saturated carbocycles. The van der Waals surface area contributed by atoms with Crippen LogP contribution in [0, 0.1) is 0 Å². The Labute approximate surface area is 114 Å². The molecule has 0 aliphatic rings. The molecule has 0 spiro atoms. The van der Waals surface area contributed by atoms with Gasteiger partial charge in [-0.3, -0.25) is 9.78 Å². The first-order valence-corrected chi connectivity index (χ1v) is 6.22. The van der Waals surface area contributed by atoms with Crippen molar-refractivity contribution in [3.63, 3.8) is 0 Å². The summed E-state index contributed by atoms with van der Waals surface area (Å²) in [6.45, 7) is 0.544. The van der Waals surface area contributed by atoms with Crippen LogP contribution in [0.2, 0.25) is 0 Å². The first-order chi connectivity index (χ1) is 8.68. The van der Waals surface area contributed by atoms with Gasteiger partial charge < -0.3 is 4.90 Å². The molecule has 4 nitrogen and oxygen atoms in total. The fraction of sp³-hybridized carbons (Fsp3) is 0.154. The molecular formula is C13H12BrN3O. The molecule has 0 radical (unpaired) electrons. The van der Waals surface area contributed by atoms with Gasteiger partial charge in [0, 0.05) is 32.2 Å². The average Bonchev–Trinajstić information content (AvgIpc) is 2.39. The maximum atomic E-state index is 12.2. The second kappa shape index (κ2) is 5.73. The highest BCUT2D eigenvalue weighted by Gasteiger charge is 2.15. The second-order valence-corrected chi connectivity index (χ2v) is 4.61. The van der Waals surface area contributed by atoms with Crippen LogP contribution in [-0.4, -0.2) is 27.8 Å². The maximum absolute atomic E-state index is 12.2. The van der Waals surface area contributed by atoms with Crippen molar-refractivity contribution in [1.82, 2.24) is 14.9 Å². The van der Waals surface area contributed by atoms with E-state index < -0.39 is 0 Å². The number of aromatic nitrogens is 2. The van der Waals surface area contributed by atoms with Gasteiger partial charge in [-0.2, -0.15) is 0 Å². The lowest BCUT2D eigenvalue weighted by molar-refractivity contribution is 0.0783. The monoisotopic (exact) mass is 305 g/mol. The van der Waals surface area contributed by atoms with E-state index in [1.54, 1.807) is 42.7 Å². The van der Waals surface area contributed by atoms with Crippen molar-refractivity contribution in [3.05, 3.63) is 58.6 Å². The zero-order chi connectivity index (χ0) is 13.0. The zero-order valence-corrected chi connectivity index (χ0v) is 11.5. The molecular weight excluding hydrogens is 294 g/mol. The molecule has 0 N–H and O–H groups in total. The van der Waals surface area contributed by atoms with E-state index in [9.17, 15) is 4.79 Å². The Hall–Kier alpha value is -1.75. The van der Waals surface area contributed by atoms with Crippen molar-refractivity contribution in [3.8, 4) is 0 Å². The van der Waals surface area contributed by atoms with Crippen LogP contribution < -0.4 is 0 Å². The lowest BCUT2D eigenvalue weighted by Gasteiger charge is -2.17. The number of pyridine rings is 2. The van der Waals surface area contributed by atoms with E-state index in [1.807, 2.05) is 12.1 Å². The molecule has 0 unspecified atom stereocenters. The number of carbonyl (C=O) groups is 1. The number of nitrogens with zero attached hydrogens (tertiary/aromatic N) is 3. The van der Waals surface area contributed by atoms with Crippen LogP contribution in [0.15, 0.2) is 47.5 Å². The van der Waals surface area contributed by atoms with E-state index >= 15 is 0 Å². The van der Waals surface area contributed by atoms with Gasteiger partial charge in [-0.25, -0.2) is 4.98 Å². The highest BCUT2D eigenvalue weighted by atomic mass is 79.9. The molecule has 92 valence electrons. The standard InChI is InChI=1S/C13H12BrN3O/c1-17(9-10-4-7-15-8-5-10)13(18)11-3-2-6-16-12(11)14/h2-8H,9H2,1H3. The molecule has 1 amide bonds. The summed E-state index contributed by atoms with van der Waals surface area (Å²) in [4.78, 5) is 21.9. The van der Waals surface area contributed by atoms with E-state index in [-0.39, 0.29) is 5.91 Å². The van der Waals surface area contributed by atoms with E-state index in [1.165, 1.54) is 0 Å². The van der Waals surface area contributed by atoms with Gasteiger partial charge in [-0.15, -0.1) is 0 Å². The van der Waals surface area contributed by atoms with Crippen LogP contribution in [-0.2, 0) is 6.54 Å². The summed E-state index contributed by atoms with van der Waals surface area (Å²) in [7, 11) is 1.77. The number of halogens is 1. The molecule has 0 atom stereocenters. The summed E-state index contributed by atoms with van der Waals surface area (Å²) < 4.78 is 0.566. The van der Waals surface area contributed by atoms with Crippen LogP contribution in [0.5, 0.6) is 0 Å². The molecule has 0 bridgehead atoms. The van der Waals surface area contributed by atoms with Crippen LogP contribution in [0.25, 0.3) is 0 Å². The minimum Gasteiger partial charge on any atom is -0.337 e. The average molecular weight is 306 g/mol. The van der Waals surface area contributed by atoms with Crippen molar-refractivity contribution in [2.24, 2.45) is 0 Å². The maximum Gasteiger partial charge on any atom is 0.256 e. The first kappa shape index (κ1) is 12.7. The number of carbonyl (C=O) groups excluding carboxylic acids is 1. The van der Waals surface area contributed by atoms with E-state index in [2.05, 4.69) is 25.9 Å². The number of hydrogen-bond donors (Lipinski definition) is 0. The Balaban J connectivity index is 2.13. The first-order valence-electron chi connectivity index (χ1n) is 5.43.